The average Bonchev–Trinajstić information content (AvgIpc) is 2.92. The van der Waals surface area contributed by atoms with Crippen LogP contribution in [0.5, 0.6) is 0 Å². The molecule has 2 aromatic rings. The van der Waals surface area contributed by atoms with Gasteiger partial charge in [-0.1, -0.05) is 32.0 Å². The first-order valence-electron chi connectivity index (χ1n) is 7.44. The molecule has 3 heteroatoms. The van der Waals surface area contributed by atoms with E-state index in [1.54, 1.807) is 7.11 Å². The van der Waals surface area contributed by atoms with Crippen LogP contribution in [0.1, 0.15) is 38.3 Å². The van der Waals surface area contributed by atoms with E-state index in [-0.39, 0.29) is 0 Å². The molecule has 110 valence electrons. The van der Waals surface area contributed by atoms with Crippen LogP contribution >= 0.6 is 11.3 Å². The van der Waals surface area contributed by atoms with E-state index in [1.807, 2.05) is 11.3 Å². The molecule has 0 spiro atoms. The molecular weight excluding hydrogens is 266 g/mol. The Labute approximate surface area is 126 Å². The fraction of sp³-hybridized carbons (Fsp3) is 0.529. The van der Waals surface area contributed by atoms with E-state index in [2.05, 4.69) is 48.8 Å². The van der Waals surface area contributed by atoms with Crippen molar-refractivity contribution in [1.82, 2.24) is 5.32 Å². The summed E-state index contributed by atoms with van der Waals surface area (Å²) < 4.78 is 6.71. The zero-order valence-corrected chi connectivity index (χ0v) is 13.5. The second kappa shape index (κ2) is 7.77. The zero-order valence-electron chi connectivity index (χ0n) is 12.7. The van der Waals surface area contributed by atoms with Gasteiger partial charge in [0.25, 0.3) is 0 Å². The third-order valence-corrected chi connectivity index (χ3v) is 4.59. The van der Waals surface area contributed by atoms with Crippen molar-refractivity contribution in [1.29, 1.82) is 0 Å². The Morgan fingerprint density at radius 1 is 1.30 bits per heavy atom. The van der Waals surface area contributed by atoms with Gasteiger partial charge >= 0.3 is 0 Å². The van der Waals surface area contributed by atoms with Crippen LogP contribution < -0.4 is 5.32 Å². The minimum atomic E-state index is 0.419. The summed E-state index contributed by atoms with van der Waals surface area (Å²) in [6.45, 7) is 6.36. The Bertz CT molecular complexity index is 522. The second-order valence-corrected chi connectivity index (χ2v) is 6.41. The molecule has 0 saturated carbocycles. The van der Waals surface area contributed by atoms with Gasteiger partial charge in [0.05, 0.1) is 0 Å². The van der Waals surface area contributed by atoms with Gasteiger partial charge in [0.1, 0.15) is 0 Å². The minimum Gasteiger partial charge on any atom is -0.384 e. The predicted molar refractivity (Wildman–Crippen MR) is 88.5 cm³/mol. The number of rotatable bonds is 8. The fourth-order valence-electron chi connectivity index (χ4n) is 2.68. The van der Waals surface area contributed by atoms with Crippen LogP contribution in [0, 0.1) is 5.92 Å². The van der Waals surface area contributed by atoms with Gasteiger partial charge in [-0.25, -0.2) is 0 Å². The van der Waals surface area contributed by atoms with Gasteiger partial charge in [-0.3, -0.25) is 0 Å². The van der Waals surface area contributed by atoms with Crippen LogP contribution in [0.3, 0.4) is 0 Å². The van der Waals surface area contributed by atoms with Gasteiger partial charge in [-0.05, 0) is 47.7 Å². The largest absolute Gasteiger partial charge is 0.384 e. The fourth-order valence-corrected chi connectivity index (χ4v) is 3.65. The highest BCUT2D eigenvalue weighted by Crippen LogP contribution is 2.32. The Hall–Kier alpha value is -0.900. The molecule has 0 aliphatic heterocycles. The van der Waals surface area contributed by atoms with E-state index >= 15 is 0 Å². The smallest absolute Gasteiger partial charge is 0.0488 e. The second-order valence-electron chi connectivity index (χ2n) is 5.49. The Balaban J connectivity index is 2.22. The Morgan fingerprint density at radius 3 is 2.90 bits per heavy atom. The van der Waals surface area contributed by atoms with Crippen molar-refractivity contribution in [2.24, 2.45) is 5.92 Å². The van der Waals surface area contributed by atoms with Crippen LogP contribution in [0.4, 0.5) is 0 Å². The molecule has 2 rings (SSSR count). The molecule has 0 aliphatic carbocycles. The molecule has 0 fully saturated rings. The maximum absolute atomic E-state index is 5.29. The molecule has 0 radical (unpaired) electrons. The molecule has 0 amide bonds. The molecule has 0 bridgehead atoms. The normalized spacial score (nSPS) is 14.6. The highest BCUT2D eigenvalue weighted by atomic mass is 32.1. The number of ether oxygens (including phenoxy) is 1. The molecule has 0 saturated heterocycles. The van der Waals surface area contributed by atoms with Crippen molar-refractivity contribution in [2.45, 2.75) is 32.7 Å². The summed E-state index contributed by atoms with van der Waals surface area (Å²) in [6.07, 6.45) is 2.28. The van der Waals surface area contributed by atoms with Gasteiger partial charge in [0, 0.05) is 24.5 Å². The Morgan fingerprint density at radius 2 is 2.15 bits per heavy atom. The summed E-state index contributed by atoms with van der Waals surface area (Å²) in [4.78, 5) is 0. The molecule has 2 unspecified atom stereocenters. The van der Waals surface area contributed by atoms with Crippen molar-refractivity contribution >= 4 is 21.4 Å². The van der Waals surface area contributed by atoms with E-state index in [0.717, 1.165) is 26.0 Å². The summed E-state index contributed by atoms with van der Waals surface area (Å²) in [7, 11) is 1.78. The lowest BCUT2D eigenvalue weighted by molar-refractivity contribution is 0.149. The monoisotopic (exact) mass is 291 g/mol. The van der Waals surface area contributed by atoms with E-state index in [1.165, 1.54) is 15.6 Å². The molecule has 0 aliphatic rings. The summed E-state index contributed by atoms with van der Waals surface area (Å²) in [6, 6.07) is 9.27. The molecular formula is C17H25NOS. The topological polar surface area (TPSA) is 21.3 Å². The van der Waals surface area contributed by atoms with Crippen LogP contribution in [-0.2, 0) is 4.74 Å². The number of thiophene rings is 1. The number of benzene rings is 1. The maximum atomic E-state index is 5.29. The first kappa shape index (κ1) is 15.5. The number of methoxy groups -OCH3 is 1. The molecule has 1 N–H and O–H groups in total. The van der Waals surface area contributed by atoms with Crippen molar-refractivity contribution in [2.75, 3.05) is 20.3 Å². The summed E-state index contributed by atoms with van der Waals surface area (Å²) in [5, 5.41) is 7.25. The predicted octanol–water partition coefficient (Wildman–Crippen LogP) is 4.61. The molecule has 2 nitrogen and oxygen atoms in total. The summed E-state index contributed by atoms with van der Waals surface area (Å²) >= 11 is 1.84. The minimum absolute atomic E-state index is 0.419. The van der Waals surface area contributed by atoms with Gasteiger partial charge in [0.15, 0.2) is 0 Å². The van der Waals surface area contributed by atoms with Crippen molar-refractivity contribution < 1.29 is 4.74 Å². The van der Waals surface area contributed by atoms with Crippen molar-refractivity contribution in [3.8, 4) is 0 Å². The van der Waals surface area contributed by atoms with Crippen LogP contribution in [0.2, 0.25) is 0 Å². The average molecular weight is 291 g/mol. The number of nitrogens with one attached hydrogen (secondary N) is 1. The van der Waals surface area contributed by atoms with Gasteiger partial charge in [0.2, 0.25) is 0 Å². The van der Waals surface area contributed by atoms with E-state index < -0.39 is 0 Å². The first-order chi connectivity index (χ1) is 9.76. The summed E-state index contributed by atoms with van der Waals surface area (Å²) in [5.41, 5.74) is 1.44. The van der Waals surface area contributed by atoms with Crippen molar-refractivity contribution in [3.05, 3.63) is 35.2 Å². The molecule has 1 aromatic heterocycles. The number of hydrogen-bond acceptors (Lipinski definition) is 3. The highest BCUT2D eigenvalue weighted by molar-refractivity contribution is 7.17. The summed E-state index contributed by atoms with van der Waals surface area (Å²) in [5.74, 6) is 0.560. The molecule has 1 aromatic carbocycles. The van der Waals surface area contributed by atoms with Crippen molar-refractivity contribution in [3.63, 3.8) is 0 Å². The van der Waals surface area contributed by atoms with Gasteiger partial charge < -0.3 is 10.1 Å². The number of fused-ring (bicyclic) bond motifs is 1. The third-order valence-electron chi connectivity index (χ3n) is 3.61. The lowest BCUT2D eigenvalue weighted by Crippen LogP contribution is -2.25. The lowest BCUT2D eigenvalue weighted by atomic mass is 9.95. The van der Waals surface area contributed by atoms with E-state index in [0.29, 0.717) is 12.0 Å². The molecule has 2 atom stereocenters. The van der Waals surface area contributed by atoms with E-state index in [4.69, 9.17) is 4.74 Å². The molecule has 20 heavy (non-hydrogen) atoms. The SMILES string of the molecule is CCCNC(CC(C)COC)c1cccc2ccsc12. The van der Waals surface area contributed by atoms with Crippen LogP contribution in [0.15, 0.2) is 29.6 Å². The first-order valence-corrected chi connectivity index (χ1v) is 8.32. The highest BCUT2D eigenvalue weighted by Gasteiger charge is 2.17. The van der Waals surface area contributed by atoms with Gasteiger partial charge in [-0.15, -0.1) is 11.3 Å². The third kappa shape index (κ3) is 3.81. The maximum Gasteiger partial charge on any atom is 0.0488 e. The van der Waals surface area contributed by atoms with Crippen LogP contribution in [-0.4, -0.2) is 20.3 Å². The Kier molecular flexibility index (Phi) is 6.02. The van der Waals surface area contributed by atoms with E-state index in [9.17, 15) is 0 Å². The zero-order chi connectivity index (χ0) is 14.4. The standard InChI is InChI=1S/C17H25NOS/c1-4-9-18-16(11-13(2)12-19-3)15-7-5-6-14-8-10-20-17(14)15/h5-8,10,13,16,18H,4,9,11-12H2,1-3H3. The molecule has 1 heterocycles. The van der Waals surface area contributed by atoms with Crippen LogP contribution in [0.25, 0.3) is 10.1 Å². The van der Waals surface area contributed by atoms with Gasteiger partial charge in [-0.2, -0.15) is 0 Å². The lowest BCUT2D eigenvalue weighted by Gasteiger charge is -2.23. The quantitative estimate of drug-likeness (QED) is 0.766. The number of hydrogen-bond donors (Lipinski definition) is 1.